The highest BCUT2D eigenvalue weighted by atomic mass is 19.1. The number of hydrogen-bond acceptors (Lipinski definition) is 5. The van der Waals surface area contributed by atoms with Gasteiger partial charge in [0.25, 0.3) is 5.91 Å². The van der Waals surface area contributed by atoms with E-state index in [-0.39, 0.29) is 17.8 Å². The summed E-state index contributed by atoms with van der Waals surface area (Å²) in [5, 5.41) is 8.12. The number of carbonyl (C=O) groups excluding carboxylic acids is 1. The Labute approximate surface area is 174 Å². The molecule has 0 spiro atoms. The van der Waals surface area contributed by atoms with Gasteiger partial charge in [-0.3, -0.25) is 4.79 Å². The second-order valence-corrected chi connectivity index (χ2v) is 7.39. The average molecular weight is 409 g/mol. The molecule has 0 saturated carbocycles. The number of carbonyl (C=O) groups is 1. The van der Waals surface area contributed by atoms with Crippen molar-refractivity contribution in [1.82, 2.24) is 19.9 Å². The third kappa shape index (κ3) is 4.12. The number of anilines is 1. The van der Waals surface area contributed by atoms with Crippen LogP contribution in [-0.2, 0) is 6.54 Å². The summed E-state index contributed by atoms with van der Waals surface area (Å²) in [6.07, 6.45) is 1.64. The number of amides is 1. The second-order valence-electron chi connectivity index (χ2n) is 7.39. The number of para-hydroxylation sites is 2. The van der Waals surface area contributed by atoms with E-state index in [2.05, 4.69) is 15.2 Å². The molecule has 4 rings (SSSR count). The summed E-state index contributed by atoms with van der Waals surface area (Å²) >= 11 is 0. The van der Waals surface area contributed by atoms with Crippen molar-refractivity contribution >= 4 is 11.6 Å². The maximum Gasteiger partial charge on any atom is 0.276 e. The molecule has 0 N–H and O–H groups in total. The number of rotatable bonds is 5. The van der Waals surface area contributed by atoms with Crippen molar-refractivity contribution < 1.29 is 13.9 Å². The van der Waals surface area contributed by atoms with Gasteiger partial charge in [0.2, 0.25) is 0 Å². The van der Waals surface area contributed by atoms with Gasteiger partial charge in [-0.15, -0.1) is 5.10 Å². The van der Waals surface area contributed by atoms with Gasteiger partial charge in [-0.05, 0) is 36.8 Å². The van der Waals surface area contributed by atoms with Crippen LogP contribution >= 0.6 is 0 Å². The highest BCUT2D eigenvalue weighted by Gasteiger charge is 2.30. The summed E-state index contributed by atoms with van der Waals surface area (Å²) in [5.41, 5.74) is 2.23. The van der Waals surface area contributed by atoms with Gasteiger partial charge in [-0.1, -0.05) is 29.5 Å². The molecular weight excluding hydrogens is 385 g/mol. The van der Waals surface area contributed by atoms with E-state index in [1.54, 1.807) is 30.1 Å². The quantitative estimate of drug-likeness (QED) is 0.649. The monoisotopic (exact) mass is 409 g/mol. The van der Waals surface area contributed by atoms with E-state index in [1.165, 1.54) is 12.1 Å². The molecule has 0 aliphatic carbocycles. The van der Waals surface area contributed by atoms with Gasteiger partial charge in [0.05, 0.1) is 25.5 Å². The Kier molecular flexibility index (Phi) is 5.65. The minimum absolute atomic E-state index is 0.0124. The molecule has 2 aromatic carbocycles. The summed E-state index contributed by atoms with van der Waals surface area (Å²) in [4.78, 5) is 17.1. The highest BCUT2D eigenvalue weighted by molar-refractivity contribution is 5.92. The number of ether oxygens (including phenoxy) is 1. The van der Waals surface area contributed by atoms with Crippen LogP contribution in [0.25, 0.3) is 0 Å². The molecule has 7 nitrogen and oxygen atoms in total. The Morgan fingerprint density at radius 1 is 1.17 bits per heavy atom. The van der Waals surface area contributed by atoms with E-state index in [1.807, 2.05) is 36.1 Å². The molecular formula is C22H24FN5O2. The molecule has 0 radical (unpaired) electrons. The standard InChI is InChI=1S/C22H24FN5O2/c1-16-13-26(20-5-3-4-6-21(20)30-2)11-12-28(16)22(29)19-15-27(25-24-19)14-17-7-9-18(23)10-8-17/h3-10,15-16H,11-14H2,1-2H3/t16-/m0/s1. The van der Waals surface area contributed by atoms with E-state index >= 15 is 0 Å². The molecule has 3 aromatic rings. The van der Waals surface area contributed by atoms with Crippen molar-refractivity contribution in [2.75, 3.05) is 31.6 Å². The first kappa shape index (κ1) is 19.9. The van der Waals surface area contributed by atoms with Gasteiger partial charge in [-0.2, -0.15) is 0 Å². The topological polar surface area (TPSA) is 63.5 Å². The average Bonchev–Trinajstić information content (AvgIpc) is 3.23. The maximum atomic E-state index is 13.1. The molecule has 1 saturated heterocycles. The van der Waals surface area contributed by atoms with Crippen molar-refractivity contribution in [2.24, 2.45) is 0 Å². The highest BCUT2D eigenvalue weighted by Crippen LogP contribution is 2.29. The Bertz CT molecular complexity index is 1020. The van der Waals surface area contributed by atoms with Crippen LogP contribution in [0, 0.1) is 5.82 Å². The van der Waals surface area contributed by atoms with Gasteiger partial charge in [0.1, 0.15) is 11.6 Å². The molecule has 1 amide bonds. The molecule has 156 valence electrons. The van der Waals surface area contributed by atoms with Gasteiger partial charge < -0.3 is 14.5 Å². The summed E-state index contributed by atoms with van der Waals surface area (Å²) in [7, 11) is 1.66. The van der Waals surface area contributed by atoms with Gasteiger partial charge in [-0.25, -0.2) is 9.07 Å². The predicted molar refractivity (Wildman–Crippen MR) is 111 cm³/mol. The van der Waals surface area contributed by atoms with Crippen LogP contribution in [-0.4, -0.2) is 58.6 Å². The zero-order valence-corrected chi connectivity index (χ0v) is 17.0. The minimum Gasteiger partial charge on any atom is -0.495 e. The third-order valence-electron chi connectivity index (χ3n) is 5.33. The minimum atomic E-state index is -0.283. The first-order valence-corrected chi connectivity index (χ1v) is 9.88. The molecule has 1 aliphatic heterocycles. The molecule has 1 aliphatic rings. The smallest absolute Gasteiger partial charge is 0.276 e. The Morgan fingerprint density at radius 2 is 1.93 bits per heavy atom. The van der Waals surface area contributed by atoms with Crippen LogP contribution in [0.2, 0.25) is 0 Å². The summed E-state index contributed by atoms with van der Waals surface area (Å²) in [6.45, 7) is 4.46. The number of methoxy groups -OCH3 is 1. The zero-order valence-electron chi connectivity index (χ0n) is 17.0. The Morgan fingerprint density at radius 3 is 2.67 bits per heavy atom. The van der Waals surface area contributed by atoms with E-state index in [9.17, 15) is 9.18 Å². The molecule has 0 bridgehead atoms. The molecule has 30 heavy (non-hydrogen) atoms. The molecule has 2 heterocycles. The lowest BCUT2D eigenvalue weighted by molar-refractivity contribution is 0.0667. The first-order chi connectivity index (χ1) is 14.5. The number of nitrogens with zero attached hydrogens (tertiary/aromatic N) is 5. The van der Waals surface area contributed by atoms with Crippen LogP contribution < -0.4 is 9.64 Å². The van der Waals surface area contributed by atoms with Crippen LogP contribution in [0.4, 0.5) is 10.1 Å². The molecule has 8 heteroatoms. The lowest BCUT2D eigenvalue weighted by Gasteiger charge is -2.41. The molecule has 1 fully saturated rings. The fourth-order valence-corrected chi connectivity index (χ4v) is 3.77. The fourth-order valence-electron chi connectivity index (χ4n) is 3.77. The summed E-state index contributed by atoms with van der Waals surface area (Å²) < 4.78 is 20.1. The van der Waals surface area contributed by atoms with Gasteiger partial charge >= 0.3 is 0 Å². The van der Waals surface area contributed by atoms with Crippen molar-refractivity contribution in [1.29, 1.82) is 0 Å². The van der Waals surface area contributed by atoms with Crippen LogP contribution in [0.5, 0.6) is 5.75 Å². The molecule has 1 atom stereocenters. The number of halogens is 1. The van der Waals surface area contributed by atoms with E-state index < -0.39 is 0 Å². The first-order valence-electron chi connectivity index (χ1n) is 9.88. The zero-order chi connectivity index (χ0) is 21.1. The van der Waals surface area contributed by atoms with Crippen molar-refractivity contribution in [2.45, 2.75) is 19.5 Å². The van der Waals surface area contributed by atoms with Crippen LogP contribution in [0.15, 0.2) is 54.7 Å². The lowest BCUT2D eigenvalue weighted by atomic mass is 10.1. The number of benzene rings is 2. The SMILES string of the molecule is COc1ccccc1N1CCN(C(=O)c2cn(Cc3ccc(F)cc3)nn2)[C@@H](C)C1. The number of piperazine rings is 1. The maximum absolute atomic E-state index is 13.1. The normalized spacial score (nSPS) is 16.6. The van der Waals surface area contributed by atoms with E-state index in [0.717, 1.165) is 17.0 Å². The lowest BCUT2D eigenvalue weighted by Crippen LogP contribution is -2.54. The van der Waals surface area contributed by atoms with Crippen LogP contribution in [0.3, 0.4) is 0 Å². The van der Waals surface area contributed by atoms with Crippen molar-refractivity contribution in [3.63, 3.8) is 0 Å². The second kappa shape index (κ2) is 8.52. The predicted octanol–water partition coefficient (Wildman–Crippen LogP) is 2.83. The Hall–Kier alpha value is -3.42. The van der Waals surface area contributed by atoms with E-state index in [4.69, 9.17) is 4.74 Å². The van der Waals surface area contributed by atoms with E-state index in [0.29, 0.717) is 31.9 Å². The number of aromatic nitrogens is 3. The largest absolute Gasteiger partial charge is 0.495 e. The number of hydrogen-bond donors (Lipinski definition) is 0. The van der Waals surface area contributed by atoms with Crippen molar-refractivity contribution in [3.8, 4) is 5.75 Å². The Balaban J connectivity index is 1.42. The third-order valence-corrected chi connectivity index (χ3v) is 5.33. The van der Waals surface area contributed by atoms with Gasteiger partial charge in [0.15, 0.2) is 5.69 Å². The van der Waals surface area contributed by atoms with Crippen LogP contribution in [0.1, 0.15) is 23.0 Å². The fraction of sp³-hybridized carbons (Fsp3) is 0.318. The van der Waals surface area contributed by atoms with Gasteiger partial charge in [0, 0.05) is 25.7 Å². The summed E-state index contributed by atoms with van der Waals surface area (Å²) in [6, 6.07) is 14.1. The summed E-state index contributed by atoms with van der Waals surface area (Å²) in [5.74, 6) is 0.412. The molecule has 1 aromatic heterocycles. The molecule has 0 unspecified atom stereocenters. The van der Waals surface area contributed by atoms with Crippen molar-refractivity contribution in [3.05, 3.63) is 71.8 Å².